The summed E-state index contributed by atoms with van der Waals surface area (Å²) in [5, 5.41) is 5.99. The number of nitrogens with two attached hydrogens (primary N) is 1. The van der Waals surface area contributed by atoms with E-state index in [0.29, 0.717) is 42.6 Å². The van der Waals surface area contributed by atoms with Crippen molar-refractivity contribution >= 4 is 96.5 Å². The first-order chi connectivity index (χ1) is 34.2. The van der Waals surface area contributed by atoms with Crippen LogP contribution in [0.15, 0.2) is 116 Å². The Labute approximate surface area is 436 Å². The molecule has 0 fully saturated rings. The highest BCUT2D eigenvalue weighted by atomic mass is 127. The van der Waals surface area contributed by atoms with Gasteiger partial charge in [0.25, 0.3) is 5.91 Å². The van der Waals surface area contributed by atoms with Crippen molar-refractivity contribution in [2.45, 2.75) is 54.3 Å². The summed E-state index contributed by atoms with van der Waals surface area (Å²) < 4.78 is 63.2. The molecule has 0 spiro atoms. The predicted molar refractivity (Wildman–Crippen MR) is 280 cm³/mol. The molecule has 5 aromatic heterocycles. The molecule has 73 heavy (non-hydrogen) atoms. The lowest BCUT2D eigenvalue weighted by Gasteiger charge is -2.12. The largest absolute Gasteiger partial charge is 0.490 e. The monoisotopic (exact) mass is 1130 g/mol. The minimum Gasteiger partial charge on any atom is -0.465 e. The number of halogens is 4. The van der Waals surface area contributed by atoms with E-state index in [-0.39, 0.29) is 25.3 Å². The van der Waals surface area contributed by atoms with Gasteiger partial charge in [-0.15, -0.1) is 0 Å². The number of fused-ring (bicyclic) bond motifs is 3. The van der Waals surface area contributed by atoms with Crippen LogP contribution in [0.4, 0.5) is 19.0 Å². The molecule has 0 saturated carbocycles. The molecule has 0 atom stereocenters. The van der Waals surface area contributed by atoms with Gasteiger partial charge in [0.15, 0.2) is 0 Å². The number of carbonyl (C=O) groups is 4. The number of nitrogen functional groups attached to an aromatic ring is 1. The average molecular weight is 1130 g/mol. The molecule has 8 rings (SSSR count). The Bertz CT molecular complexity index is 3160. The van der Waals surface area contributed by atoms with Crippen LogP contribution in [0.1, 0.15) is 77.7 Å². The number of rotatable bonds is 7. The standard InChI is InChI=1S/C25H25N5O.C12H11NO2.C11H8INO2.C3H3F3O2.CH4.O2S/c1-15-8-20-10-18(4-5-23(20)28-13-15)11-21-12-19(6-7-27-21)25(31)29-14-22-16(2)9-24(26)30-17(22)3;1-8-5-10-6-9(12(14)15-2)3-4-11(10)13-7-8;1-15-11(14)7-2-3-10-8(4-7)5-9(12)6-13-10;1-8-2(7)3(4,5)6;;1-3-2/h4-10,12-13H,11,14H2,1-3H3,(H2,26,30)(H,29,31);3-7H,1-2H3;2-6H,1H3;1H3;1H4;. The van der Waals surface area contributed by atoms with Gasteiger partial charge in [0.2, 0.25) is 0 Å². The summed E-state index contributed by atoms with van der Waals surface area (Å²) in [5.41, 5.74) is 17.2. The second kappa shape index (κ2) is 28.3. The quantitative estimate of drug-likeness (QED) is 0.0859. The van der Waals surface area contributed by atoms with Crippen LogP contribution in [0.2, 0.25) is 0 Å². The van der Waals surface area contributed by atoms with E-state index < -0.39 is 23.7 Å². The zero-order chi connectivity index (χ0) is 53.1. The number of methoxy groups -OCH3 is 3. The summed E-state index contributed by atoms with van der Waals surface area (Å²) >= 11 is 1.44. The van der Waals surface area contributed by atoms with Gasteiger partial charge >= 0.3 is 35.7 Å². The van der Waals surface area contributed by atoms with E-state index in [4.69, 9.17) is 14.2 Å². The van der Waals surface area contributed by atoms with Gasteiger partial charge in [-0.2, -0.15) is 21.6 Å². The molecule has 0 aliphatic carbocycles. The number of aryl methyl sites for hydroxylation is 4. The summed E-state index contributed by atoms with van der Waals surface area (Å²) in [7, 11) is 3.43. The first kappa shape index (κ1) is 59.5. The molecule has 8 aromatic rings. The first-order valence-corrected chi connectivity index (χ1v) is 22.9. The van der Waals surface area contributed by atoms with Crippen LogP contribution < -0.4 is 11.1 Å². The lowest BCUT2D eigenvalue weighted by atomic mass is 10.0. The minimum atomic E-state index is -4.85. The molecule has 382 valence electrons. The Balaban J connectivity index is 0.000000281. The molecule has 0 aliphatic heterocycles. The molecule has 0 saturated heterocycles. The van der Waals surface area contributed by atoms with E-state index in [0.717, 1.165) is 75.5 Å². The molecule has 5 heterocycles. The molecule has 16 nitrogen and oxygen atoms in total. The maximum absolute atomic E-state index is 12.7. The van der Waals surface area contributed by atoms with Crippen molar-refractivity contribution in [1.82, 2.24) is 30.2 Å². The number of nitrogens with one attached hydrogen (secondary N) is 1. The van der Waals surface area contributed by atoms with Gasteiger partial charge < -0.3 is 25.3 Å². The zero-order valence-corrected chi connectivity index (χ0v) is 42.8. The molecular formula is C52H51F3IN7O9S. The number of pyridine rings is 5. The van der Waals surface area contributed by atoms with E-state index in [2.05, 4.69) is 85.2 Å². The van der Waals surface area contributed by atoms with Gasteiger partial charge in [-0.3, -0.25) is 24.7 Å². The third-order valence-electron chi connectivity index (χ3n) is 10.1. The average Bonchev–Trinajstić information content (AvgIpc) is 3.35. The smallest absolute Gasteiger partial charge is 0.465 e. The van der Waals surface area contributed by atoms with Crippen molar-refractivity contribution < 1.29 is 55.0 Å². The van der Waals surface area contributed by atoms with Crippen molar-refractivity contribution in [2.75, 3.05) is 27.1 Å². The molecule has 0 unspecified atom stereocenters. The Morgan fingerprint density at radius 1 is 0.658 bits per heavy atom. The van der Waals surface area contributed by atoms with Gasteiger partial charge in [0.1, 0.15) is 5.82 Å². The highest BCUT2D eigenvalue weighted by Crippen LogP contribution is 2.21. The molecule has 0 aliphatic rings. The number of alkyl halides is 3. The van der Waals surface area contributed by atoms with E-state index in [1.54, 1.807) is 48.9 Å². The van der Waals surface area contributed by atoms with Gasteiger partial charge in [0, 0.05) is 74.4 Å². The van der Waals surface area contributed by atoms with Crippen LogP contribution in [-0.4, -0.2) is 84.7 Å². The van der Waals surface area contributed by atoms with Gasteiger partial charge in [0.05, 0.1) is 49.0 Å². The third-order valence-corrected chi connectivity index (χ3v) is 10.7. The number of aromatic nitrogens is 5. The summed E-state index contributed by atoms with van der Waals surface area (Å²) in [4.78, 5) is 66.5. The summed E-state index contributed by atoms with van der Waals surface area (Å²) in [6, 6.07) is 28.3. The van der Waals surface area contributed by atoms with Crippen molar-refractivity contribution in [2.24, 2.45) is 0 Å². The van der Waals surface area contributed by atoms with Crippen LogP contribution in [-0.2, 0) is 43.5 Å². The van der Waals surface area contributed by atoms with Crippen molar-refractivity contribution in [1.29, 1.82) is 0 Å². The number of carbonyl (C=O) groups excluding carboxylic acids is 4. The number of hydrogen-bond donors (Lipinski definition) is 2. The number of benzene rings is 3. The highest BCUT2D eigenvalue weighted by Gasteiger charge is 2.40. The SMILES string of the molecule is C.COC(=O)C(F)(F)F.COC(=O)c1ccc2ncc(C)cc2c1.COC(=O)c1ccc2ncc(I)cc2c1.Cc1cnc2ccc(Cc3cc(C(=O)NCc4c(C)cc(N)nc4C)ccn3)cc2c1.O=S=O. The summed E-state index contributed by atoms with van der Waals surface area (Å²) in [6.45, 7) is 8.27. The van der Waals surface area contributed by atoms with Crippen molar-refractivity contribution in [3.8, 4) is 0 Å². The lowest BCUT2D eigenvalue weighted by Crippen LogP contribution is -2.24. The Kier molecular flexibility index (Phi) is 23.1. The fourth-order valence-electron chi connectivity index (χ4n) is 6.70. The Hall–Kier alpha value is -7.79. The minimum absolute atomic E-state index is 0. The maximum atomic E-state index is 12.7. The normalized spacial score (nSPS) is 10.2. The molecule has 0 bridgehead atoms. The summed E-state index contributed by atoms with van der Waals surface area (Å²) in [5.74, 6) is -2.47. The second-order valence-corrected chi connectivity index (χ2v) is 16.8. The lowest BCUT2D eigenvalue weighted by molar-refractivity contribution is -0.196. The number of hydrogen-bond acceptors (Lipinski definition) is 15. The topological polar surface area (TPSA) is 233 Å². The molecular weight excluding hydrogens is 1080 g/mol. The van der Waals surface area contributed by atoms with Crippen molar-refractivity contribution in [3.63, 3.8) is 0 Å². The van der Waals surface area contributed by atoms with E-state index in [1.807, 2.05) is 76.4 Å². The van der Waals surface area contributed by atoms with Crippen molar-refractivity contribution in [3.05, 3.63) is 175 Å². The fourth-order valence-corrected chi connectivity index (χ4v) is 7.18. The number of esters is 3. The van der Waals surface area contributed by atoms with Gasteiger partial charge in [-0.1, -0.05) is 13.5 Å². The second-order valence-electron chi connectivity index (χ2n) is 15.4. The molecule has 3 N–H and O–H groups in total. The van der Waals surface area contributed by atoms with Gasteiger partial charge in [-0.05, 0) is 163 Å². The highest BCUT2D eigenvalue weighted by molar-refractivity contribution is 14.1. The van der Waals surface area contributed by atoms with E-state index in [9.17, 15) is 32.3 Å². The molecule has 21 heteroatoms. The number of nitrogens with zero attached hydrogens (tertiary/aromatic N) is 5. The van der Waals surface area contributed by atoms with Crippen LogP contribution >= 0.6 is 22.6 Å². The van der Waals surface area contributed by atoms with Crippen LogP contribution in [0, 0.1) is 31.3 Å². The molecule has 1 amide bonds. The molecule has 3 aromatic carbocycles. The van der Waals surface area contributed by atoms with Crippen LogP contribution in [0.5, 0.6) is 0 Å². The third kappa shape index (κ3) is 18.1. The number of anilines is 1. The fraction of sp³-hybridized carbons (Fsp3) is 0.212. The number of amides is 1. The van der Waals surface area contributed by atoms with E-state index in [1.165, 1.54) is 14.2 Å². The number of ether oxygens (including phenoxy) is 3. The van der Waals surface area contributed by atoms with Gasteiger partial charge in [-0.25, -0.2) is 19.4 Å². The van der Waals surface area contributed by atoms with Crippen LogP contribution in [0.3, 0.4) is 0 Å². The Morgan fingerprint density at radius 3 is 1.66 bits per heavy atom. The Morgan fingerprint density at radius 2 is 1.16 bits per heavy atom. The zero-order valence-electron chi connectivity index (χ0n) is 39.8. The van der Waals surface area contributed by atoms with E-state index >= 15 is 0 Å². The first-order valence-electron chi connectivity index (χ1n) is 21.2. The molecule has 0 radical (unpaired) electrons. The predicted octanol–water partition coefficient (Wildman–Crippen LogP) is 9.70. The summed E-state index contributed by atoms with van der Waals surface area (Å²) in [6.07, 6.45) is 2.94. The van der Waals surface area contributed by atoms with Crippen LogP contribution in [0.25, 0.3) is 32.7 Å². The maximum Gasteiger partial charge on any atom is 0.490 e.